The molecule has 0 saturated heterocycles. The topological polar surface area (TPSA) is 26.3 Å². The van der Waals surface area contributed by atoms with Crippen LogP contribution >= 0.6 is 0 Å². The maximum atomic E-state index is 11.4. The highest BCUT2D eigenvalue weighted by atomic mass is 19.4. The van der Waals surface area contributed by atoms with E-state index in [1.54, 1.807) is 0 Å². The molecule has 0 atom stereocenters. The van der Waals surface area contributed by atoms with E-state index in [-0.39, 0.29) is 5.57 Å². The lowest BCUT2D eigenvalue weighted by molar-refractivity contribution is -0.174. The van der Waals surface area contributed by atoms with Crippen LogP contribution in [0.3, 0.4) is 0 Å². The highest BCUT2D eigenvalue weighted by molar-refractivity contribution is 5.95. The van der Waals surface area contributed by atoms with Crippen LogP contribution in [-0.2, 0) is 9.53 Å². The van der Waals surface area contributed by atoms with Crippen LogP contribution < -0.4 is 0 Å². The van der Waals surface area contributed by atoms with Crippen LogP contribution in [0, 0.1) is 0 Å². The lowest BCUT2D eigenvalue weighted by Gasteiger charge is -2.06. The van der Waals surface area contributed by atoms with Crippen molar-refractivity contribution in [3.63, 3.8) is 0 Å². The van der Waals surface area contributed by atoms with Crippen LogP contribution in [0.4, 0.5) is 13.2 Å². The van der Waals surface area contributed by atoms with Crippen LogP contribution in [0.25, 0.3) is 0 Å². The Kier molecular flexibility index (Phi) is 3.95. The Morgan fingerprint density at radius 3 is 2.33 bits per heavy atom. The standard InChI is InChI=1S/C7H9F3O2/c1-5(2)6(11)3-12-4-7(8,9)10/h1,3-4H2,2H3. The van der Waals surface area contributed by atoms with Crippen molar-refractivity contribution in [3.05, 3.63) is 12.2 Å². The third-order valence-corrected chi connectivity index (χ3v) is 0.975. The van der Waals surface area contributed by atoms with Gasteiger partial charge in [0, 0.05) is 0 Å². The zero-order valence-electron chi connectivity index (χ0n) is 6.57. The summed E-state index contributed by atoms with van der Waals surface area (Å²) in [5.74, 6) is -0.515. The molecule has 12 heavy (non-hydrogen) atoms. The molecule has 2 nitrogen and oxygen atoms in total. The maximum absolute atomic E-state index is 11.4. The first-order valence-corrected chi connectivity index (χ1v) is 3.16. The van der Waals surface area contributed by atoms with E-state index in [0.717, 1.165) is 0 Å². The van der Waals surface area contributed by atoms with Gasteiger partial charge in [-0.05, 0) is 12.5 Å². The van der Waals surface area contributed by atoms with Gasteiger partial charge in [-0.3, -0.25) is 4.79 Å². The molecule has 5 heteroatoms. The fraction of sp³-hybridized carbons (Fsp3) is 0.571. The Morgan fingerprint density at radius 2 is 2.00 bits per heavy atom. The van der Waals surface area contributed by atoms with Crippen molar-refractivity contribution >= 4 is 5.78 Å². The Morgan fingerprint density at radius 1 is 1.50 bits per heavy atom. The molecule has 0 rings (SSSR count). The van der Waals surface area contributed by atoms with Crippen molar-refractivity contribution < 1.29 is 22.7 Å². The normalized spacial score (nSPS) is 11.3. The van der Waals surface area contributed by atoms with Gasteiger partial charge in [0.15, 0.2) is 5.78 Å². The van der Waals surface area contributed by atoms with E-state index in [2.05, 4.69) is 11.3 Å². The van der Waals surface area contributed by atoms with Crippen molar-refractivity contribution in [2.45, 2.75) is 13.1 Å². The van der Waals surface area contributed by atoms with Crippen molar-refractivity contribution in [2.24, 2.45) is 0 Å². The second-order valence-corrected chi connectivity index (χ2v) is 2.31. The number of hydrogen-bond donors (Lipinski definition) is 0. The van der Waals surface area contributed by atoms with E-state index in [1.165, 1.54) is 6.92 Å². The summed E-state index contributed by atoms with van der Waals surface area (Å²) in [5, 5.41) is 0. The molecule has 0 bridgehead atoms. The molecule has 0 spiro atoms. The summed E-state index contributed by atoms with van der Waals surface area (Å²) < 4.78 is 38.4. The predicted octanol–water partition coefficient (Wildman–Crippen LogP) is 1.71. The molecule has 0 heterocycles. The summed E-state index contributed by atoms with van der Waals surface area (Å²) >= 11 is 0. The lowest BCUT2D eigenvalue weighted by atomic mass is 10.2. The van der Waals surface area contributed by atoms with Crippen molar-refractivity contribution in [2.75, 3.05) is 13.2 Å². The molecule has 0 radical (unpaired) electrons. The number of carbonyl (C=O) groups is 1. The van der Waals surface area contributed by atoms with Gasteiger partial charge in [-0.1, -0.05) is 6.58 Å². The summed E-state index contributed by atoms with van der Waals surface area (Å²) in [4.78, 5) is 10.6. The highest BCUT2D eigenvalue weighted by Crippen LogP contribution is 2.14. The van der Waals surface area contributed by atoms with Crippen LogP contribution in [-0.4, -0.2) is 25.2 Å². The van der Waals surface area contributed by atoms with Gasteiger partial charge < -0.3 is 4.74 Å². The molecule has 0 aliphatic rings. The smallest absolute Gasteiger partial charge is 0.364 e. The van der Waals surface area contributed by atoms with Gasteiger partial charge in [0.2, 0.25) is 0 Å². The molecular formula is C7H9F3O2. The number of hydrogen-bond acceptors (Lipinski definition) is 2. The van der Waals surface area contributed by atoms with Crippen molar-refractivity contribution in [1.29, 1.82) is 0 Å². The largest absolute Gasteiger partial charge is 0.411 e. The third kappa shape index (κ3) is 5.91. The first kappa shape index (κ1) is 11.2. The monoisotopic (exact) mass is 182 g/mol. The lowest BCUT2D eigenvalue weighted by Crippen LogP contribution is -2.20. The molecule has 0 fully saturated rings. The molecule has 0 amide bonds. The van der Waals surface area contributed by atoms with Gasteiger partial charge in [-0.15, -0.1) is 0 Å². The minimum Gasteiger partial charge on any atom is -0.364 e. The number of alkyl halides is 3. The molecule has 0 N–H and O–H groups in total. The average molecular weight is 182 g/mol. The first-order chi connectivity index (χ1) is 5.33. The van der Waals surface area contributed by atoms with E-state index >= 15 is 0 Å². The molecule has 0 aromatic rings. The predicted molar refractivity (Wildman–Crippen MR) is 36.7 cm³/mol. The van der Waals surface area contributed by atoms with Gasteiger partial charge in [0.25, 0.3) is 0 Å². The Balaban J connectivity index is 3.58. The quantitative estimate of drug-likeness (QED) is 0.618. The van der Waals surface area contributed by atoms with Crippen LogP contribution in [0.2, 0.25) is 0 Å². The Hall–Kier alpha value is -0.840. The van der Waals surface area contributed by atoms with Gasteiger partial charge in [-0.25, -0.2) is 0 Å². The second-order valence-electron chi connectivity index (χ2n) is 2.31. The number of ether oxygens (including phenoxy) is 1. The van der Waals surface area contributed by atoms with Crippen molar-refractivity contribution in [3.8, 4) is 0 Å². The Bertz CT molecular complexity index is 184. The van der Waals surface area contributed by atoms with Gasteiger partial charge in [0.1, 0.15) is 13.2 Å². The summed E-state index contributed by atoms with van der Waals surface area (Å²) in [5.41, 5.74) is 0.192. The number of carbonyl (C=O) groups excluding carboxylic acids is 1. The SMILES string of the molecule is C=C(C)C(=O)COCC(F)(F)F. The Labute approximate surface area is 68.0 Å². The van der Waals surface area contributed by atoms with Gasteiger partial charge in [-0.2, -0.15) is 13.2 Å². The zero-order valence-corrected chi connectivity index (χ0v) is 6.57. The molecule has 70 valence electrons. The molecule has 0 aliphatic heterocycles. The molecule has 0 unspecified atom stereocenters. The molecule has 0 aromatic carbocycles. The highest BCUT2D eigenvalue weighted by Gasteiger charge is 2.27. The molecule has 0 aliphatic carbocycles. The minimum atomic E-state index is -4.38. The van der Waals surface area contributed by atoms with Crippen LogP contribution in [0.1, 0.15) is 6.92 Å². The summed E-state index contributed by atoms with van der Waals surface area (Å²) in [6.45, 7) is 2.72. The van der Waals surface area contributed by atoms with E-state index in [0.29, 0.717) is 0 Å². The molecule has 0 aromatic heterocycles. The maximum Gasteiger partial charge on any atom is 0.411 e. The summed E-state index contributed by atoms with van der Waals surface area (Å²) in [6.07, 6.45) is -4.38. The fourth-order valence-electron chi connectivity index (χ4n) is 0.383. The summed E-state index contributed by atoms with van der Waals surface area (Å²) in [7, 11) is 0. The molecule has 0 saturated carbocycles. The first-order valence-electron chi connectivity index (χ1n) is 3.16. The summed E-state index contributed by atoms with van der Waals surface area (Å²) in [6, 6.07) is 0. The van der Waals surface area contributed by atoms with E-state index in [9.17, 15) is 18.0 Å². The number of ketones is 1. The third-order valence-electron chi connectivity index (χ3n) is 0.975. The fourth-order valence-corrected chi connectivity index (χ4v) is 0.383. The van der Waals surface area contributed by atoms with Crippen LogP contribution in [0.5, 0.6) is 0 Å². The zero-order chi connectivity index (χ0) is 9.78. The molecular weight excluding hydrogens is 173 g/mol. The van der Waals surface area contributed by atoms with E-state index in [4.69, 9.17) is 0 Å². The van der Waals surface area contributed by atoms with E-state index < -0.39 is 25.2 Å². The van der Waals surface area contributed by atoms with Gasteiger partial charge in [0.05, 0.1) is 0 Å². The number of halogens is 3. The number of rotatable bonds is 4. The van der Waals surface area contributed by atoms with Crippen molar-refractivity contribution in [1.82, 2.24) is 0 Å². The average Bonchev–Trinajstić information content (AvgIpc) is 1.84. The van der Waals surface area contributed by atoms with Crippen LogP contribution in [0.15, 0.2) is 12.2 Å². The minimum absolute atomic E-state index is 0.192. The van der Waals surface area contributed by atoms with Gasteiger partial charge >= 0.3 is 6.18 Å². The van der Waals surface area contributed by atoms with E-state index in [1.807, 2.05) is 0 Å². The second kappa shape index (κ2) is 4.25. The number of Topliss-reactive ketones (excluding diaryl/α,β-unsaturated/α-hetero) is 1.